The molecule has 0 aliphatic carbocycles. The topological polar surface area (TPSA) is 40.4 Å². The molecule has 0 bridgehead atoms. The zero-order chi connectivity index (χ0) is 15.6. The van der Waals surface area contributed by atoms with Crippen LogP contribution in [0.2, 0.25) is 0 Å². The lowest BCUT2D eigenvalue weighted by atomic mass is 10.0. The van der Waals surface area contributed by atoms with Crippen LogP contribution in [0.15, 0.2) is 78.9 Å². The van der Waals surface area contributed by atoms with Crippen molar-refractivity contribution in [2.24, 2.45) is 0 Å². The molecular weight excluding hydrogens is 286 g/mol. The van der Waals surface area contributed by atoms with Crippen molar-refractivity contribution in [3.8, 4) is 5.75 Å². The predicted molar refractivity (Wildman–Crippen MR) is 89.4 cm³/mol. The second-order valence-corrected chi connectivity index (χ2v) is 5.29. The van der Waals surface area contributed by atoms with E-state index in [-0.39, 0.29) is 5.97 Å². The molecule has 3 aromatic carbocycles. The molecule has 0 radical (unpaired) electrons. The molecule has 3 nitrogen and oxygen atoms in total. The molecule has 1 N–H and O–H groups in total. The maximum absolute atomic E-state index is 12.8. The summed E-state index contributed by atoms with van der Waals surface area (Å²) in [5.41, 5.74) is 2.40. The van der Waals surface area contributed by atoms with Crippen LogP contribution < -0.4 is 9.72 Å². The number of fused-ring (bicyclic) bond motifs is 2. The van der Waals surface area contributed by atoms with Gasteiger partial charge in [-0.1, -0.05) is 42.5 Å². The largest absolute Gasteiger partial charge is 0.423 e. The van der Waals surface area contributed by atoms with Crippen molar-refractivity contribution in [3.05, 3.63) is 84.4 Å². The van der Waals surface area contributed by atoms with Gasteiger partial charge in [-0.3, -0.25) is 0 Å². The third kappa shape index (κ3) is 2.42. The number of H-pyrrole nitrogens is 1. The first kappa shape index (κ1) is 13.5. The van der Waals surface area contributed by atoms with Crippen molar-refractivity contribution in [2.75, 3.05) is 0 Å². The van der Waals surface area contributed by atoms with Gasteiger partial charge < -0.3 is 4.74 Å². The number of hydrogen-bond acceptors (Lipinski definition) is 2. The number of aromatic amines is 1. The van der Waals surface area contributed by atoms with E-state index >= 15 is 0 Å². The van der Waals surface area contributed by atoms with E-state index in [0.29, 0.717) is 11.3 Å². The quantitative estimate of drug-likeness (QED) is 0.318. The summed E-state index contributed by atoms with van der Waals surface area (Å²) in [5, 5.41) is 1.71. The predicted octanol–water partition coefficient (Wildman–Crippen LogP) is 4.03. The molecule has 0 saturated heterocycles. The molecule has 4 aromatic rings. The van der Waals surface area contributed by atoms with Gasteiger partial charge in [-0.05, 0) is 24.3 Å². The average Bonchev–Trinajstić information content (AvgIpc) is 2.60. The summed E-state index contributed by atoms with van der Waals surface area (Å²) in [6, 6.07) is 24.6. The number of aromatic nitrogens is 1. The second-order valence-electron chi connectivity index (χ2n) is 5.29. The van der Waals surface area contributed by atoms with E-state index in [4.69, 9.17) is 4.74 Å². The van der Waals surface area contributed by atoms with Crippen LogP contribution in [0.1, 0.15) is 10.4 Å². The number of esters is 1. The second kappa shape index (κ2) is 5.54. The van der Waals surface area contributed by atoms with Gasteiger partial charge in [0.25, 0.3) is 0 Å². The Kier molecular flexibility index (Phi) is 3.24. The Labute approximate surface area is 133 Å². The molecule has 4 rings (SSSR count). The fraction of sp³-hybridized carbons (Fsp3) is 0. The van der Waals surface area contributed by atoms with Crippen molar-refractivity contribution in [2.45, 2.75) is 0 Å². The Hall–Kier alpha value is -3.20. The van der Waals surface area contributed by atoms with Crippen molar-refractivity contribution in [1.82, 2.24) is 0 Å². The summed E-state index contributed by atoms with van der Waals surface area (Å²) in [7, 11) is 0. The van der Waals surface area contributed by atoms with Crippen molar-refractivity contribution < 1.29 is 14.5 Å². The van der Waals surface area contributed by atoms with Crippen LogP contribution >= 0.6 is 0 Å². The number of rotatable bonds is 2. The molecule has 110 valence electrons. The van der Waals surface area contributed by atoms with Crippen LogP contribution in [0, 0.1) is 0 Å². The maximum Gasteiger partial charge on any atom is 0.345 e. The average molecular weight is 300 g/mol. The van der Waals surface area contributed by atoms with Gasteiger partial charge in [-0.25, -0.2) is 9.78 Å². The minimum absolute atomic E-state index is 0.349. The highest BCUT2D eigenvalue weighted by molar-refractivity contribution is 6.13. The molecule has 1 heterocycles. The molecule has 0 atom stereocenters. The van der Waals surface area contributed by atoms with Crippen molar-refractivity contribution in [1.29, 1.82) is 0 Å². The van der Waals surface area contributed by atoms with Gasteiger partial charge in [0.2, 0.25) is 11.0 Å². The molecule has 3 heteroatoms. The highest BCUT2D eigenvalue weighted by Gasteiger charge is 2.20. The Morgan fingerprint density at radius 2 is 1.22 bits per heavy atom. The zero-order valence-electron chi connectivity index (χ0n) is 12.3. The third-order valence-electron chi connectivity index (χ3n) is 3.82. The molecule has 0 aliphatic rings. The Morgan fingerprint density at radius 3 is 1.83 bits per heavy atom. The Morgan fingerprint density at radius 1 is 0.696 bits per heavy atom. The number of carbonyl (C=O) groups excluding carboxylic acids is 1. The van der Waals surface area contributed by atoms with Gasteiger partial charge in [0.15, 0.2) is 0 Å². The fourth-order valence-corrected chi connectivity index (χ4v) is 2.78. The van der Waals surface area contributed by atoms with E-state index in [0.717, 1.165) is 21.8 Å². The zero-order valence-corrected chi connectivity index (χ0v) is 12.3. The fourth-order valence-electron chi connectivity index (χ4n) is 2.78. The van der Waals surface area contributed by atoms with Crippen LogP contribution in [-0.2, 0) is 0 Å². The SMILES string of the molecule is O=C(Oc1ccccc1)c1c2ccccc2[nH+]c2ccccc12. The third-order valence-corrected chi connectivity index (χ3v) is 3.82. The smallest absolute Gasteiger partial charge is 0.345 e. The summed E-state index contributed by atoms with van der Waals surface area (Å²) in [5.74, 6) is 0.191. The number of para-hydroxylation sites is 3. The minimum Gasteiger partial charge on any atom is -0.423 e. The lowest BCUT2D eigenvalue weighted by molar-refractivity contribution is -0.310. The molecule has 0 aliphatic heterocycles. The summed E-state index contributed by atoms with van der Waals surface area (Å²) < 4.78 is 5.56. The lowest BCUT2D eigenvalue weighted by Gasteiger charge is -2.07. The number of pyridine rings is 1. The highest BCUT2D eigenvalue weighted by atomic mass is 16.5. The Bertz CT molecular complexity index is 956. The van der Waals surface area contributed by atoms with Crippen molar-refractivity contribution >= 4 is 27.8 Å². The first-order valence-corrected chi connectivity index (χ1v) is 7.43. The molecule has 0 unspecified atom stereocenters. The lowest BCUT2D eigenvalue weighted by Crippen LogP contribution is -2.15. The molecular formula is C20H14NO2+. The molecule has 23 heavy (non-hydrogen) atoms. The van der Waals surface area contributed by atoms with Gasteiger partial charge in [0.05, 0.1) is 16.3 Å². The first-order valence-electron chi connectivity index (χ1n) is 7.43. The first-order chi connectivity index (χ1) is 11.3. The van der Waals surface area contributed by atoms with Gasteiger partial charge in [0.1, 0.15) is 5.75 Å². The molecule has 0 saturated carbocycles. The number of ether oxygens (including phenoxy) is 1. The van der Waals surface area contributed by atoms with Crippen LogP contribution in [0.25, 0.3) is 21.8 Å². The van der Waals surface area contributed by atoms with Crippen LogP contribution in [0.4, 0.5) is 0 Å². The van der Waals surface area contributed by atoms with E-state index in [1.165, 1.54) is 0 Å². The van der Waals surface area contributed by atoms with Gasteiger partial charge in [-0.2, -0.15) is 0 Å². The van der Waals surface area contributed by atoms with Crippen molar-refractivity contribution in [3.63, 3.8) is 0 Å². The van der Waals surface area contributed by atoms with E-state index in [9.17, 15) is 4.79 Å². The van der Waals surface area contributed by atoms with Gasteiger partial charge in [0, 0.05) is 12.1 Å². The molecule has 0 spiro atoms. The number of nitrogens with one attached hydrogen (secondary N) is 1. The number of benzene rings is 3. The summed E-state index contributed by atoms with van der Waals surface area (Å²) in [6.45, 7) is 0. The summed E-state index contributed by atoms with van der Waals surface area (Å²) >= 11 is 0. The standard InChI is InChI=1S/C20H13NO2/c22-20(23-14-8-2-1-3-9-14)19-15-10-4-6-12-17(15)21-18-13-7-5-11-16(18)19/h1-13H/p+1. The minimum atomic E-state index is -0.349. The summed E-state index contributed by atoms with van der Waals surface area (Å²) in [4.78, 5) is 16.2. The summed E-state index contributed by atoms with van der Waals surface area (Å²) in [6.07, 6.45) is 0. The molecule has 1 aromatic heterocycles. The van der Waals surface area contributed by atoms with Crippen LogP contribution in [0.3, 0.4) is 0 Å². The number of hydrogen-bond donors (Lipinski definition) is 0. The van der Waals surface area contributed by atoms with E-state index in [1.807, 2.05) is 66.7 Å². The molecule has 0 fully saturated rings. The Balaban J connectivity index is 1.94. The normalized spacial score (nSPS) is 10.8. The van der Waals surface area contributed by atoms with E-state index < -0.39 is 0 Å². The van der Waals surface area contributed by atoms with Crippen LogP contribution in [0.5, 0.6) is 5.75 Å². The maximum atomic E-state index is 12.8. The highest BCUT2D eigenvalue weighted by Crippen LogP contribution is 2.25. The van der Waals surface area contributed by atoms with Gasteiger partial charge >= 0.3 is 5.97 Å². The van der Waals surface area contributed by atoms with Gasteiger partial charge in [-0.15, -0.1) is 0 Å². The van der Waals surface area contributed by atoms with E-state index in [2.05, 4.69) is 4.98 Å². The monoisotopic (exact) mass is 300 g/mol. The number of carbonyl (C=O) groups is 1. The van der Waals surface area contributed by atoms with E-state index in [1.54, 1.807) is 12.1 Å². The van der Waals surface area contributed by atoms with Crippen LogP contribution in [-0.4, -0.2) is 5.97 Å². The molecule has 0 amide bonds.